The van der Waals surface area contributed by atoms with Gasteiger partial charge in [-0.3, -0.25) is 0 Å². The Hall–Kier alpha value is -2.58. The van der Waals surface area contributed by atoms with Gasteiger partial charge in [0.15, 0.2) is 5.76 Å². The number of nitrogens with zero attached hydrogens (tertiary/aromatic N) is 3. The smallest absolute Gasteiger partial charge is 0.266 e. The van der Waals surface area contributed by atoms with Crippen LogP contribution in [0.5, 0.6) is 0 Å². The number of piperazine rings is 1. The Bertz CT molecular complexity index is 973. The summed E-state index contributed by atoms with van der Waals surface area (Å²) in [5.41, 5.74) is 0. The first kappa shape index (κ1) is 16.9. The van der Waals surface area contributed by atoms with E-state index in [2.05, 4.69) is 9.88 Å². The minimum Gasteiger partial charge on any atom is -0.459 e. The van der Waals surface area contributed by atoms with E-state index in [4.69, 9.17) is 8.83 Å². The van der Waals surface area contributed by atoms with Crippen molar-refractivity contribution in [3.05, 3.63) is 48.7 Å². The standard InChI is InChI=1S/C18H19N3O4S/c1-20-9-11-21(12-10-20)18-17(19-16(25-18)15-8-5-13-24-15)26(22,23)14-6-3-2-4-7-14/h2-8,13H,9-12H2,1H3. The third-order valence-corrected chi connectivity index (χ3v) is 6.08. The molecule has 1 aliphatic rings. The molecular weight excluding hydrogens is 354 g/mol. The summed E-state index contributed by atoms with van der Waals surface area (Å²) in [6.07, 6.45) is 1.50. The highest BCUT2D eigenvalue weighted by atomic mass is 32.2. The fourth-order valence-electron chi connectivity index (χ4n) is 2.90. The van der Waals surface area contributed by atoms with Gasteiger partial charge in [0.25, 0.3) is 5.89 Å². The van der Waals surface area contributed by atoms with E-state index in [1.807, 2.05) is 11.9 Å². The Kier molecular flexibility index (Phi) is 4.29. The van der Waals surface area contributed by atoms with Crippen molar-refractivity contribution in [3.8, 4) is 11.7 Å². The molecule has 0 amide bonds. The largest absolute Gasteiger partial charge is 0.459 e. The number of hydrogen-bond acceptors (Lipinski definition) is 7. The molecule has 3 heterocycles. The molecule has 1 aliphatic heterocycles. The summed E-state index contributed by atoms with van der Waals surface area (Å²) in [5.74, 6) is 0.835. The number of oxazole rings is 1. The SMILES string of the molecule is CN1CCN(c2oc(-c3ccco3)nc2S(=O)(=O)c2ccccc2)CC1. The molecule has 0 N–H and O–H groups in total. The van der Waals surface area contributed by atoms with Crippen LogP contribution in [0.3, 0.4) is 0 Å². The van der Waals surface area contributed by atoms with E-state index in [-0.39, 0.29) is 21.7 Å². The van der Waals surface area contributed by atoms with Crippen LogP contribution in [0.4, 0.5) is 5.88 Å². The maximum absolute atomic E-state index is 13.2. The van der Waals surface area contributed by atoms with E-state index >= 15 is 0 Å². The summed E-state index contributed by atoms with van der Waals surface area (Å²) in [4.78, 5) is 8.59. The van der Waals surface area contributed by atoms with Crippen LogP contribution in [0.25, 0.3) is 11.7 Å². The fraction of sp³-hybridized carbons (Fsp3) is 0.278. The molecule has 3 aromatic rings. The Balaban J connectivity index is 1.82. The number of likely N-dealkylation sites (N-methyl/N-ethyl adjacent to an activating group) is 1. The van der Waals surface area contributed by atoms with Crippen molar-refractivity contribution in [2.24, 2.45) is 0 Å². The molecule has 0 bridgehead atoms. The van der Waals surface area contributed by atoms with Crippen LogP contribution in [0.2, 0.25) is 0 Å². The van der Waals surface area contributed by atoms with Gasteiger partial charge in [-0.05, 0) is 31.3 Å². The molecule has 0 saturated carbocycles. The number of furan rings is 1. The average molecular weight is 373 g/mol. The van der Waals surface area contributed by atoms with Gasteiger partial charge in [0.05, 0.1) is 11.2 Å². The van der Waals surface area contributed by atoms with Gasteiger partial charge in [0.1, 0.15) is 0 Å². The molecule has 0 aliphatic carbocycles. The minimum absolute atomic E-state index is 0.0698. The van der Waals surface area contributed by atoms with Gasteiger partial charge < -0.3 is 18.6 Å². The average Bonchev–Trinajstić information content (AvgIpc) is 3.33. The molecular formula is C18H19N3O4S. The number of aromatic nitrogens is 1. The third-order valence-electron chi connectivity index (χ3n) is 4.41. The number of rotatable bonds is 4. The number of anilines is 1. The Morgan fingerprint density at radius 3 is 2.38 bits per heavy atom. The molecule has 7 nitrogen and oxygen atoms in total. The van der Waals surface area contributed by atoms with E-state index < -0.39 is 9.84 Å². The molecule has 1 aromatic carbocycles. The van der Waals surface area contributed by atoms with E-state index in [0.29, 0.717) is 18.8 Å². The Labute approximate surface area is 151 Å². The van der Waals surface area contributed by atoms with Gasteiger partial charge in [0.2, 0.25) is 20.7 Å². The summed E-state index contributed by atoms with van der Waals surface area (Å²) in [5, 5.41) is -0.0698. The maximum atomic E-state index is 13.2. The van der Waals surface area contributed by atoms with E-state index in [0.717, 1.165) is 13.1 Å². The van der Waals surface area contributed by atoms with Crippen molar-refractivity contribution in [3.63, 3.8) is 0 Å². The van der Waals surface area contributed by atoms with Crippen molar-refractivity contribution in [2.45, 2.75) is 9.92 Å². The lowest BCUT2D eigenvalue weighted by Gasteiger charge is -2.32. The Morgan fingerprint density at radius 1 is 1.00 bits per heavy atom. The lowest BCUT2D eigenvalue weighted by Crippen LogP contribution is -2.44. The molecule has 0 radical (unpaired) electrons. The maximum Gasteiger partial charge on any atom is 0.266 e. The van der Waals surface area contributed by atoms with E-state index in [1.165, 1.54) is 6.26 Å². The van der Waals surface area contributed by atoms with Crippen molar-refractivity contribution in [1.29, 1.82) is 0 Å². The van der Waals surface area contributed by atoms with Crippen LogP contribution in [0.1, 0.15) is 0 Å². The lowest BCUT2D eigenvalue weighted by atomic mass is 10.3. The molecule has 0 unspecified atom stereocenters. The zero-order valence-electron chi connectivity index (χ0n) is 14.3. The number of sulfone groups is 1. The highest BCUT2D eigenvalue weighted by Crippen LogP contribution is 2.35. The van der Waals surface area contributed by atoms with Crippen LogP contribution in [0.15, 0.2) is 67.5 Å². The summed E-state index contributed by atoms with van der Waals surface area (Å²) >= 11 is 0. The van der Waals surface area contributed by atoms with Gasteiger partial charge in [0, 0.05) is 26.2 Å². The summed E-state index contributed by atoms with van der Waals surface area (Å²) in [7, 11) is -1.77. The molecule has 8 heteroatoms. The lowest BCUT2D eigenvalue weighted by molar-refractivity contribution is 0.305. The van der Waals surface area contributed by atoms with Crippen molar-refractivity contribution >= 4 is 15.7 Å². The van der Waals surface area contributed by atoms with Crippen molar-refractivity contribution in [1.82, 2.24) is 9.88 Å². The van der Waals surface area contributed by atoms with Gasteiger partial charge >= 0.3 is 0 Å². The predicted octanol–water partition coefficient (Wildman–Crippen LogP) is 2.52. The molecule has 4 rings (SSSR count). The van der Waals surface area contributed by atoms with Crippen LogP contribution in [0, 0.1) is 0 Å². The van der Waals surface area contributed by atoms with Gasteiger partial charge in [-0.1, -0.05) is 18.2 Å². The second-order valence-corrected chi connectivity index (χ2v) is 8.08. The number of hydrogen-bond donors (Lipinski definition) is 0. The normalized spacial score (nSPS) is 16.1. The van der Waals surface area contributed by atoms with Gasteiger partial charge in [-0.2, -0.15) is 4.98 Å². The van der Waals surface area contributed by atoms with Crippen LogP contribution < -0.4 is 4.90 Å². The molecule has 0 atom stereocenters. The Morgan fingerprint density at radius 2 is 1.73 bits per heavy atom. The summed E-state index contributed by atoms with van der Waals surface area (Å²) in [6.45, 7) is 2.98. The summed E-state index contributed by atoms with van der Waals surface area (Å²) in [6, 6.07) is 11.7. The second kappa shape index (κ2) is 6.62. The third kappa shape index (κ3) is 3.02. The topological polar surface area (TPSA) is 79.8 Å². The van der Waals surface area contributed by atoms with Crippen molar-refractivity contribution in [2.75, 3.05) is 38.1 Å². The summed E-state index contributed by atoms with van der Waals surface area (Å²) < 4.78 is 37.5. The molecule has 2 aromatic heterocycles. The predicted molar refractivity (Wildman–Crippen MR) is 95.8 cm³/mol. The molecule has 26 heavy (non-hydrogen) atoms. The first-order chi connectivity index (χ1) is 12.6. The van der Waals surface area contributed by atoms with Crippen LogP contribution in [-0.2, 0) is 9.84 Å². The first-order valence-corrected chi connectivity index (χ1v) is 9.82. The van der Waals surface area contributed by atoms with Crippen molar-refractivity contribution < 1.29 is 17.3 Å². The van der Waals surface area contributed by atoms with Gasteiger partial charge in [-0.25, -0.2) is 8.42 Å². The molecule has 1 saturated heterocycles. The fourth-order valence-corrected chi connectivity index (χ4v) is 4.24. The van der Waals surface area contributed by atoms with E-state index in [9.17, 15) is 8.42 Å². The first-order valence-electron chi connectivity index (χ1n) is 8.34. The zero-order chi connectivity index (χ0) is 18.1. The second-order valence-electron chi connectivity index (χ2n) is 6.21. The minimum atomic E-state index is -3.80. The molecule has 0 spiro atoms. The monoisotopic (exact) mass is 373 g/mol. The zero-order valence-corrected chi connectivity index (χ0v) is 15.1. The van der Waals surface area contributed by atoms with E-state index in [1.54, 1.807) is 42.5 Å². The van der Waals surface area contributed by atoms with Crippen LogP contribution >= 0.6 is 0 Å². The number of benzene rings is 1. The molecule has 136 valence electrons. The highest BCUT2D eigenvalue weighted by molar-refractivity contribution is 7.91. The molecule has 1 fully saturated rings. The van der Waals surface area contributed by atoms with Gasteiger partial charge in [-0.15, -0.1) is 0 Å². The van der Waals surface area contributed by atoms with Crippen LogP contribution in [-0.4, -0.2) is 51.5 Å². The quantitative estimate of drug-likeness (QED) is 0.695. The highest BCUT2D eigenvalue weighted by Gasteiger charge is 2.32.